The third-order valence-corrected chi connectivity index (χ3v) is 3.72. The molecule has 0 radical (unpaired) electrons. The molecule has 0 aromatic heterocycles. The molecule has 2 aromatic carbocycles. The standard InChI is InChI=1S/C15H7Cl3F3N3/c16-10-3-1-8(2-4-10)13(7-22)23-24-14-11(17)5-9(6-12(14)18)15(19,20)21/h1-6,24H. The van der Waals surface area contributed by atoms with Crippen molar-refractivity contribution in [3.63, 3.8) is 0 Å². The minimum absolute atomic E-state index is 0.0151. The maximum Gasteiger partial charge on any atom is 0.416 e. The highest BCUT2D eigenvalue weighted by molar-refractivity contribution is 6.39. The van der Waals surface area contributed by atoms with Crippen molar-refractivity contribution in [1.82, 2.24) is 0 Å². The van der Waals surface area contributed by atoms with Crippen LogP contribution >= 0.6 is 34.8 Å². The van der Waals surface area contributed by atoms with E-state index in [1.165, 1.54) is 0 Å². The summed E-state index contributed by atoms with van der Waals surface area (Å²) in [6, 6.07) is 9.59. The van der Waals surface area contributed by atoms with E-state index in [0.717, 1.165) is 12.1 Å². The third kappa shape index (κ3) is 4.32. The molecule has 0 saturated heterocycles. The van der Waals surface area contributed by atoms with Crippen LogP contribution in [-0.2, 0) is 6.18 Å². The average molecular weight is 393 g/mol. The van der Waals surface area contributed by atoms with Gasteiger partial charge in [0.1, 0.15) is 6.07 Å². The van der Waals surface area contributed by atoms with Crippen molar-refractivity contribution in [3.8, 4) is 6.07 Å². The highest BCUT2D eigenvalue weighted by Crippen LogP contribution is 2.38. The monoisotopic (exact) mass is 391 g/mol. The van der Waals surface area contributed by atoms with Gasteiger partial charge in [-0.1, -0.05) is 46.9 Å². The number of nitrogens with one attached hydrogen (secondary N) is 1. The van der Waals surface area contributed by atoms with Gasteiger partial charge in [-0.15, -0.1) is 0 Å². The summed E-state index contributed by atoms with van der Waals surface area (Å²) in [6.07, 6.45) is -4.57. The van der Waals surface area contributed by atoms with E-state index in [1.807, 2.05) is 6.07 Å². The second kappa shape index (κ2) is 7.31. The molecule has 2 rings (SSSR count). The molecule has 0 saturated carbocycles. The fraction of sp³-hybridized carbons (Fsp3) is 0.0667. The molecular formula is C15H7Cl3F3N3. The van der Waals surface area contributed by atoms with Crippen molar-refractivity contribution in [2.75, 3.05) is 5.43 Å². The van der Waals surface area contributed by atoms with Gasteiger partial charge in [-0.25, -0.2) is 0 Å². The Hall–Kier alpha value is -1.94. The summed E-state index contributed by atoms with van der Waals surface area (Å²) in [5.41, 5.74) is 1.86. The zero-order valence-corrected chi connectivity index (χ0v) is 13.9. The van der Waals surface area contributed by atoms with Gasteiger partial charge in [0.25, 0.3) is 0 Å². The van der Waals surface area contributed by atoms with Gasteiger partial charge < -0.3 is 0 Å². The first kappa shape index (κ1) is 18.4. The summed E-state index contributed by atoms with van der Waals surface area (Å²) >= 11 is 17.4. The Labute approximate surface area is 150 Å². The van der Waals surface area contributed by atoms with Crippen molar-refractivity contribution in [2.45, 2.75) is 6.18 Å². The van der Waals surface area contributed by atoms with Crippen LogP contribution < -0.4 is 5.43 Å². The van der Waals surface area contributed by atoms with E-state index in [9.17, 15) is 13.2 Å². The molecule has 124 valence electrons. The lowest BCUT2D eigenvalue weighted by atomic mass is 10.1. The average Bonchev–Trinajstić information content (AvgIpc) is 2.50. The van der Waals surface area contributed by atoms with Gasteiger partial charge in [0, 0.05) is 10.6 Å². The van der Waals surface area contributed by atoms with Crippen LogP contribution in [0.3, 0.4) is 0 Å². The summed E-state index contributed by atoms with van der Waals surface area (Å²) in [4.78, 5) is 0. The number of hydrazone groups is 1. The van der Waals surface area contributed by atoms with Crippen molar-refractivity contribution >= 4 is 46.2 Å². The number of anilines is 1. The van der Waals surface area contributed by atoms with Gasteiger partial charge in [-0.05, 0) is 24.3 Å². The molecule has 0 atom stereocenters. The Balaban J connectivity index is 2.33. The van der Waals surface area contributed by atoms with E-state index < -0.39 is 11.7 Å². The number of alkyl halides is 3. The molecule has 0 aliphatic rings. The number of rotatable bonds is 3. The van der Waals surface area contributed by atoms with Crippen molar-refractivity contribution in [3.05, 3.63) is 62.6 Å². The van der Waals surface area contributed by atoms with Crippen LogP contribution in [0.25, 0.3) is 0 Å². The summed E-state index contributed by atoms with van der Waals surface area (Å²) in [5, 5.41) is 12.9. The molecule has 2 aromatic rings. The molecule has 3 nitrogen and oxygen atoms in total. The first-order valence-corrected chi connectivity index (χ1v) is 7.41. The molecule has 0 fully saturated rings. The number of hydrogen-bond acceptors (Lipinski definition) is 3. The predicted molar refractivity (Wildman–Crippen MR) is 88.7 cm³/mol. The summed E-state index contributed by atoms with van der Waals surface area (Å²) < 4.78 is 38.0. The van der Waals surface area contributed by atoms with Crippen molar-refractivity contribution in [1.29, 1.82) is 5.26 Å². The molecule has 9 heteroatoms. The van der Waals surface area contributed by atoms with E-state index in [-0.39, 0.29) is 21.4 Å². The van der Waals surface area contributed by atoms with Crippen LogP contribution in [0.2, 0.25) is 15.1 Å². The lowest BCUT2D eigenvalue weighted by Crippen LogP contribution is -2.06. The van der Waals surface area contributed by atoms with Crippen LogP contribution in [0.5, 0.6) is 0 Å². The molecule has 24 heavy (non-hydrogen) atoms. The normalized spacial score (nSPS) is 12.0. The maximum absolute atomic E-state index is 12.7. The lowest BCUT2D eigenvalue weighted by molar-refractivity contribution is -0.137. The fourth-order valence-corrected chi connectivity index (χ4v) is 2.41. The van der Waals surface area contributed by atoms with E-state index in [2.05, 4.69) is 10.5 Å². The Bertz CT molecular complexity index is 802. The molecule has 0 bridgehead atoms. The van der Waals surface area contributed by atoms with Crippen LogP contribution in [-0.4, -0.2) is 5.71 Å². The molecule has 0 unspecified atom stereocenters. The fourth-order valence-electron chi connectivity index (χ4n) is 1.72. The zero-order chi connectivity index (χ0) is 17.9. The van der Waals surface area contributed by atoms with E-state index >= 15 is 0 Å². The maximum atomic E-state index is 12.7. The Morgan fingerprint density at radius 2 is 1.58 bits per heavy atom. The smallest absolute Gasteiger partial charge is 0.274 e. The molecular weight excluding hydrogens is 386 g/mol. The lowest BCUT2D eigenvalue weighted by Gasteiger charge is -2.12. The topological polar surface area (TPSA) is 48.2 Å². The number of benzene rings is 2. The van der Waals surface area contributed by atoms with Gasteiger partial charge in [-0.3, -0.25) is 5.43 Å². The molecule has 0 heterocycles. The third-order valence-electron chi connectivity index (χ3n) is 2.87. The van der Waals surface area contributed by atoms with E-state index in [0.29, 0.717) is 10.6 Å². The number of nitrogens with zero attached hydrogens (tertiary/aromatic N) is 2. The second-order valence-electron chi connectivity index (χ2n) is 4.50. The SMILES string of the molecule is N#CC(=NNc1c(Cl)cc(C(F)(F)F)cc1Cl)c1ccc(Cl)cc1. The number of halogens is 6. The van der Waals surface area contributed by atoms with E-state index in [1.54, 1.807) is 24.3 Å². The van der Waals surface area contributed by atoms with Crippen LogP contribution in [0.1, 0.15) is 11.1 Å². The summed E-state index contributed by atoms with van der Waals surface area (Å²) in [5.74, 6) is 0. The van der Waals surface area contributed by atoms with Gasteiger partial charge >= 0.3 is 6.18 Å². The predicted octanol–water partition coefficient (Wildman–Crippen LogP) is 6.01. The summed E-state index contributed by atoms with van der Waals surface area (Å²) in [6.45, 7) is 0. The van der Waals surface area contributed by atoms with Crippen molar-refractivity contribution < 1.29 is 13.2 Å². The minimum Gasteiger partial charge on any atom is -0.274 e. The quantitative estimate of drug-likeness (QED) is 0.514. The van der Waals surface area contributed by atoms with Gasteiger partial charge in [-0.2, -0.15) is 23.5 Å². The van der Waals surface area contributed by atoms with E-state index in [4.69, 9.17) is 40.1 Å². The van der Waals surface area contributed by atoms with Crippen LogP contribution in [0, 0.1) is 11.3 Å². The van der Waals surface area contributed by atoms with Gasteiger partial charge in [0.15, 0.2) is 5.71 Å². The van der Waals surface area contributed by atoms with Crippen LogP contribution in [0.15, 0.2) is 41.5 Å². The first-order valence-electron chi connectivity index (χ1n) is 6.28. The highest BCUT2D eigenvalue weighted by atomic mass is 35.5. The largest absolute Gasteiger partial charge is 0.416 e. The Kier molecular flexibility index (Phi) is 5.60. The zero-order valence-electron chi connectivity index (χ0n) is 11.6. The summed E-state index contributed by atoms with van der Waals surface area (Å²) in [7, 11) is 0. The van der Waals surface area contributed by atoms with Crippen LogP contribution in [0.4, 0.5) is 18.9 Å². The minimum atomic E-state index is -4.57. The van der Waals surface area contributed by atoms with Gasteiger partial charge in [0.2, 0.25) is 0 Å². The van der Waals surface area contributed by atoms with Gasteiger partial charge in [0.05, 0.1) is 21.3 Å². The molecule has 0 aliphatic heterocycles. The second-order valence-corrected chi connectivity index (χ2v) is 5.75. The molecule has 0 amide bonds. The van der Waals surface area contributed by atoms with Crippen molar-refractivity contribution in [2.24, 2.45) is 5.10 Å². The first-order chi connectivity index (χ1) is 11.2. The number of nitriles is 1. The molecule has 0 aliphatic carbocycles. The highest BCUT2D eigenvalue weighted by Gasteiger charge is 2.32. The molecule has 0 spiro atoms. The Morgan fingerprint density at radius 1 is 1.04 bits per heavy atom. The molecule has 1 N–H and O–H groups in total. The number of hydrogen-bond donors (Lipinski definition) is 1. The Morgan fingerprint density at radius 3 is 2.04 bits per heavy atom.